The van der Waals surface area contributed by atoms with Gasteiger partial charge in [0.15, 0.2) is 6.29 Å². The molecule has 0 bridgehead atoms. The molecule has 0 spiro atoms. The van der Waals surface area contributed by atoms with Crippen molar-refractivity contribution in [3.8, 4) is 0 Å². The van der Waals surface area contributed by atoms with Crippen molar-refractivity contribution >= 4 is 6.08 Å². The van der Waals surface area contributed by atoms with E-state index in [0.29, 0.717) is 0 Å². The number of rotatable bonds is 3. The first-order valence-corrected chi connectivity index (χ1v) is 5.25. The van der Waals surface area contributed by atoms with Crippen LogP contribution in [-0.2, 0) is 9.47 Å². The summed E-state index contributed by atoms with van der Waals surface area (Å²) in [6.07, 6.45) is 9.44. The predicted octanol–water partition coefficient (Wildman–Crippen LogP) is 2.25. The molecule has 1 aromatic rings. The molecule has 0 aromatic carbocycles. The van der Waals surface area contributed by atoms with E-state index >= 15 is 0 Å². The third-order valence-corrected chi connectivity index (χ3v) is 2.22. The van der Waals surface area contributed by atoms with Gasteiger partial charge in [-0.15, -0.1) is 0 Å². The lowest BCUT2D eigenvalue weighted by Crippen LogP contribution is -2.23. The van der Waals surface area contributed by atoms with E-state index in [1.54, 1.807) is 6.20 Å². The lowest BCUT2D eigenvalue weighted by atomic mass is 10.2. The molecule has 2 rings (SSSR count). The molecule has 1 aliphatic heterocycles. The Hall–Kier alpha value is -1.19. The summed E-state index contributed by atoms with van der Waals surface area (Å²) in [7, 11) is 0. The maximum absolute atomic E-state index is 5.43. The van der Waals surface area contributed by atoms with Crippen molar-refractivity contribution in [2.75, 3.05) is 13.2 Å². The Morgan fingerprint density at radius 1 is 1.40 bits per heavy atom. The van der Waals surface area contributed by atoms with Crippen LogP contribution in [0.2, 0.25) is 0 Å². The molecule has 15 heavy (non-hydrogen) atoms. The summed E-state index contributed by atoms with van der Waals surface area (Å²) in [5.41, 5.74) is 1.10. The summed E-state index contributed by atoms with van der Waals surface area (Å²) in [6.45, 7) is 1.62. The molecule has 3 nitrogen and oxygen atoms in total. The number of aromatic nitrogens is 1. The third kappa shape index (κ3) is 3.46. The van der Waals surface area contributed by atoms with Gasteiger partial charge in [0.1, 0.15) is 0 Å². The molecule has 0 atom stereocenters. The van der Waals surface area contributed by atoms with Crippen LogP contribution >= 0.6 is 0 Å². The molecule has 0 radical (unpaired) electrons. The van der Waals surface area contributed by atoms with Gasteiger partial charge in [-0.3, -0.25) is 4.98 Å². The van der Waals surface area contributed by atoms with E-state index in [4.69, 9.17) is 9.47 Å². The quantitative estimate of drug-likeness (QED) is 0.758. The van der Waals surface area contributed by atoms with Crippen LogP contribution in [0.15, 0.2) is 30.6 Å². The average molecular weight is 205 g/mol. The molecule has 80 valence electrons. The summed E-state index contributed by atoms with van der Waals surface area (Å²) < 4.78 is 10.9. The Kier molecular flexibility index (Phi) is 3.88. The van der Waals surface area contributed by atoms with Gasteiger partial charge < -0.3 is 9.47 Å². The lowest BCUT2D eigenvalue weighted by Gasteiger charge is -2.21. The highest BCUT2D eigenvalue weighted by molar-refractivity contribution is 5.47. The molecule has 0 amide bonds. The fraction of sp³-hybridized carbons (Fsp3) is 0.417. The van der Waals surface area contributed by atoms with Crippen molar-refractivity contribution in [2.45, 2.75) is 19.1 Å². The SMILES string of the molecule is C(=C/c1cccnc1)/CC1OCCCO1. The second-order valence-electron chi connectivity index (χ2n) is 3.45. The summed E-state index contributed by atoms with van der Waals surface area (Å²) in [5.74, 6) is 0. The van der Waals surface area contributed by atoms with E-state index in [-0.39, 0.29) is 6.29 Å². The highest BCUT2D eigenvalue weighted by Crippen LogP contribution is 2.10. The van der Waals surface area contributed by atoms with Gasteiger partial charge in [-0.25, -0.2) is 0 Å². The predicted molar refractivity (Wildman–Crippen MR) is 58.2 cm³/mol. The highest BCUT2D eigenvalue weighted by Gasteiger charge is 2.11. The minimum absolute atomic E-state index is 0.0633. The molecule has 0 unspecified atom stereocenters. The van der Waals surface area contributed by atoms with E-state index in [0.717, 1.165) is 31.6 Å². The van der Waals surface area contributed by atoms with Crippen LogP contribution in [0, 0.1) is 0 Å². The van der Waals surface area contributed by atoms with E-state index in [1.165, 1.54) is 0 Å². The molecule has 1 saturated heterocycles. The van der Waals surface area contributed by atoms with E-state index in [9.17, 15) is 0 Å². The smallest absolute Gasteiger partial charge is 0.160 e. The molecular weight excluding hydrogens is 190 g/mol. The number of hydrogen-bond donors (Lipinski definition) is 0. The maximum Gasteiger partial charge on any atom is 0.160 e. The summed E-state index contributed by atoms with van der Waals surface area (Å²) in [5, 5.41) is 0. The number of pyridine rings is 1. The van der Waals surface area contributed by atoms with Gasteiger partial charge in [-0.1, -0.05) is 18.2 Å². The number of nitrogens with zero attached hydrogens (tertiary/aromatic N) is 1. The fourth-order valence-corrected chi connectivity index (χ4v) is 1.46. The van der Waals surface area contributed by atoms with Crippen molar-refractivity contribution in [3.05, 3.63) is 36.2 Å². The van der Waals surface area contributed by atoms with Crippen molar-refractivity contribution in [1.29, 1.82) is 0 Å². The largest absolute Gasteiger partial charge is 0.352 e. The van der Waals surface area contributed by atoms with Crippen LogP contribution in [0.25, 0.3) is 6.08 Å². The summed E-state index contributed by atoms with van der Waals surface area (Å²) in [6, 6.07) is 3.94. The Balaban J connectivity index is 1.79. The van der Waals surface area contributed by atoms with Crippen LogP contribution in [-0.4, -0.2) is 24.5 Å². The van der Waals surface area contributed by atoms with Gasteiger partial charge in [-0.05, 0) is 18.1 Å². The van der Waals surface area contributed by atoms with Gasteiger partial charge in [0.2, 0.25) is 0 Å². The first kappa shape index (κ1) is 10.3. The Labute approximate surface area is 89.7 Å². The minimum Gasteiger partial charge on any atom is -0.352 e. The van der Waals surface area contributed by atoms with Gasteiger partial charge in [0.25, 0.3) is 0 Å². The Morgan fingerprint density at radius 3 is 3.00 bits per heavy atom. The average Bonchev–Trinajstić information content (AvgIpc) is 2.32. The lowest BCUT2D eigenvalue weighted by molar-refractivity contribution is -0.175. The van der Waals surface area contributed by atoms with Gasteiger partial charge in [0.05, 0.1) is 13.2 Å². The number of ether oxygens (including phenoxy) is 2. The summed E-state index contributed by atoms with van der Waals surface area (Å²) in [4.78, 5) is 4.04. The van der Waals surface area contributed by atoms with Crippen molar-refractivity contribution < 1.29 is 9.47 Å². The zero-order chi connectivity index (χ0) is 10.3. The molecule has 3 heteroatoms. The molecule has 0 N–H and O–H groups in total. The fourth-order valence-electron chi connectivity index (χ4n) is 1.46. The zero-order valence-corrected chi connectivity index (χ0v) is 8.63. The second kappa shape index (κ2) is 5.63. The van der Waals surface area contributed by atoms with Crippen LogP contribution < -0.4 is 0 Å². The Bertz CT molecular complexity index is 305. The van der Waals surface area contributed by atoms with E-state index < -0.39 is 0 Å². The molecule has 1 fully saturated rings. The topological polar surface area (TPSA) is 31.4 Å². The van der Waals surface area contributed by atoms with E-state index in [2.05, 4.69) is 11.1 Å². The van der Waals surface area contributed by atoms with Crippen molar-refractivity contribution in [1.82, 2.24) is 4.98 Å². The molecule has 1 aromatic heterocycles. The monoisotopic (exact) mass is 205 g/mol. The first-order valence-electron chi connectivity index (χ1n) is 5.25. The van der Waals surface area contributed by atoms with E-state index in [1.807, 2.05) is 24.4 Å². The number of hydrogen-bond acceptors (Lipinski definition) is 3. The van der Waals surface area contributed by atoms with Crippen LogP contribution in [0.3, 0.4) is 0 Å². The minimum atomic E-state index is -0.0633. The Morgan fingerprint density at radius 2 is 2.27 bits per heavy atom. The molecular formula is C12H15NO2. The van der Waals surface area contributed by atoms with Crippen LogP contribution in [0.5, 0.6) is 0 Å². The third-order valence-electron chi connectivity index (χ3n) is 2.22. The molecule has 0 saturated carbocycles. The standard InChI is InChI=1S/C12H15NO2/c1(4-11-5-2-7-13-10-11)6-12-14-8-3-9-15-12/h1-2,4-5,7,10,12H,3,6,8-9H2/b4-1-. The van der Waals surface area contributed by atoms with Gasteiger partial charge >= 0.3 is 0 Å². The molecule has 1 aliphatic rings. The van der Waals surface area contributed by atoms with Crippen molar-refractivity contribution in [2.24, 2.45) is 0 Å². The normalized spacial score (nSPS) is 18.4. The van der Waals surface area contributed by atoms with Gasteiger partial charge in [0, 0.05) is 18.8 Å². The maximum atomic E-state index is 5.43. The van der Waals surface area contributed by atoms with Gasteiger partial charge in [-0.2, -0.15) is 0 Å². The zero-order valence-electron chi connectivity index (χ0n) is 8.63. The van der Waals surface area contributed by atoms with Crippen LogP contribution in [0.1, 0.15) is 18.4 Å². The van der Waals surface area contributed by atoms with Crippen molar-refractivity contribution in [3.63, 3.8) is 0 Å². The highest BCUT2D eigenvalue weighted by atomic mass is 16.7. The molecule has 2 heterocycles. The van der Waals surface area contributed by atoms with Crippen LogP contribution in [0.4, 0.5) is 0 Å². The second-order valence-corrected chi connectivity index (χ2v) is 3.45. The summed E-state index contributed by atoms with van der Waals surface area (Å²) >= 11 is 0. The molecule has 0 aliphatic carbocycles. The first-order chi connectivity index (χ1) is 7.45.